The Morgan fingerprint density at radius 2 is 1.76 bits per heavy atom. The minimum absolute atomic E-state index is 0.0388. The average molecular weight is 426 g/mol. The molecule has 2 aromatic rings. The van der Waals surface area contributed by atoms with Crippen molar-refractivity contribution in [1.82, 2.24) is 0 Å². The molecular formula is C15H11Cl2F2NO3S2. The second kappa shape index (κ2) is 8.35. The molecule has 10 heteroatoms. The molecule has 0 saturated heterocycles. The normalized spacial score (nSPS) is 11.6. The second-order valence-corrected chi connectivity index (χ2v) is 8.52. The van der Waals surface area contributed by atoms with Crippen molar-refractivity contribution >= 4 is 56.4 Å². The van der Waals surface area contributed by atoms with Crippen LogP contribution in [0.25, 0.3) is 0 Å². The Labute approximate surface area is 157 Å². The lowest BCUT2D eigenvalue weighted by atomic mass is 10.3. The third-order valence-electron chi connectivity index (χ3n) is 2.95. The third kappa shape index (κ3) is 5.31. The van der Waals surface area contributed by atoms with Gasteiger partial charge in [-0.1, -0.05) is 23.2 Å². The van der Waals surface area contributed by atoms with E-state index < -0.39 is 20.5 Å². The number of benzene rings is 2. The quantitative estimate of drug-likeness (QED) is 0.679. The molecule has 0 aliphatic rings. The number of alkyl halides is 2. The predicted octanol–water partition coefficient (Wildman–Crippen LogP) is 4.72. The van der Waals surface area contributed by atoms with Gasteiger partial charge in [0.25, 0.3) is 0 Å². The van der Waals surface area contributed by atoms with Crippen LogP contribution in [0.2, 0.25) is 10.0 Å². The van der Waals surface area contributed by atoms with E-state index in [0.717, 1.165) is 12.1 Å². The van der Waals surface area contributed by atoms with E-state index in [-0.39, 0.29) is 17.3 Å². The molecule has 0 fully saturated rings. The van der Waals surface area contributed by atoms with Crippen LogP contribution >= 0.6 is 35.0 Å². The van der Waals surface area contributed by atoms with Crippen molar-refractivity contribution in [1.29, 1.82) is 0 Å². The van der Waals surface area contributed by atoms with Gasteiger partial charge < -0.3 is 5.32 Å². The summed E-state index contributed by atoms with van der Waals surface area (Å²) in [6, 6.07) is 9.38. The highest BCUT2D eigenvalue weighted by molar-refractivity contribution is 8.00. The maximum Gasteiger partial charge on any atom is 0.341 e. The molecule has 25 heavy (non-hydrogen) atoms. The number of anilines is 1. The van der Waals surface area contributed by atoms with Gasteiger partial charge in [0, 0.05) is 15.6 Å². The first-order valence-corrected chi connectivity index (χ1v) is 9.99. The minimum Gasteiger partial charge on any atom is -0.325 e. The van der Waals surface area contributed by atoms with Crippen molar-refractivity contribution in [2.75, 3.05) is 11.1 Å². The van der Waals surface area contributed by atoms with Crippen LogP contribution in [0.1, 0.15) is 0 Å². The van der Waals surface area contributed by atoms with Crippen molar-refractivity contribution < 1.29 is 22.0 Å². The largest absolute Gasteiger partial charge is 0.341 e. The van der Waals surface area contributed by atoms with E-state index in [9.17, 15) is 22.0 Å². The van der Waals surface area contributed by atoms with E-state index >= 15 is 0 Å². The number of hydrogen-bond acceptors (Lipinski definition) is 4. The van der Waals surface area contributed by atoms with E-state index in [1.54, 1.807) is 18.2 Å². The number of amides is 1. The van der Waals surface area contributed by atoms with E-state index in [0.29, 0.717) is 14.9 Å². The zero-order valence-corrected chi connectivity index (χ0v) is 15.5. The van der Waals surface area contributed by atoms with Crippen molar-refractivity contribution in [3.63, 3.8) is 0 Å². The lowest BCUT2D eigenvalue weighted by Gasteiger charge is -2.08. The fourth-order valence-electron chi connectivity index (χ4n) is 1.76. The highest BCUT2D eigenvalue weighted by atomic mass is 35.5. The summed E-state index contributed by atoms with van der Waals surface area (Å²) < 4.78 is 47.5. The number of carbonyl (C=O) groups excluding carboxylic acids is 1. The third-order valence-corrected chi connectivity index (χ3v) is 6.08. The summed E-state index contributed by atoms with van der Waals surface area (Å²) in [5, 5.41) is 3.49. The highest BCUT2D eigenvalue weighted by Gasteiger charge is 2.26. The van der Waals surface area contributed by atoms with E-state index in [1.165, 1.54) is 23.9 Å². The zero-order chi connectivity index (χ0) is 18.6. The molecule has 1 N–H and O–H groups in total. The lowest BCUT2D eigenvalue weighted by Crippen LogP contribution is -2.15. The number of nitrogens with one attached hydrogen (secondary N) is 1. The van der Waals surface area contributed by atoms with E-state index in [1.807, 2.05) is 0 Å². The summed E-state index contributed by atoms with van der Waals surface area (Å²) in [5.41, 5.74) is 0.288. The lowest BCUT2D eigenvalue weighted by molar-refractivity contribution is -0.113. The topological polar surface area (TPSA) is 63.2 Å². The Kier molecular flexibility index (Phi) is 6.67. The molecule has 1 amide bonds. The van der Waals surface area contributed by atoms with Crippen molar-refractivity contribution in [3.8, 4) is 0 Å². The van der Waals surface area contributed by atoms with Crippen LogP contribution < -0.4 is 5.32 Å². The maximum absolute atomic E-state index is 12.5. The Hall–Kier alpha value is -1.35. The molecule has 0 aromatic heterocycles. The molecule has 0 heterocycles. The molecule has 2 rings (SSSR count). The van der Waals surface area contributed by atoms with Gasteiger partial charge in [0.05, 0.1) is 15.7 Å². The van der Waals surface area contributed by atoms with Gasteiger partial charge in [0.1, 0.15) is 0 Å². The molecule has 0 spiro atoms. The Morgan fingerprint density at radius 3 is 2.36 bits per heavy atom. The first-order valence-electron chi connectivity index (χ1n) is 6.70. The number of hydrogen-bond donors (Lipinski definition) is 1. The smallest absolute Gasteiger partial charge is 0.325 e. The monoisotopic (exact) mass is 425 g/mol. The van der Waals surface area contributed by atoms with Crippen LogP contribution in [0.5, 0.6) is 0 Å². The fourth-order valence-corrected chi connectivity index (χ4v) is 3.77. The first kappa shape index (κ1) is 20.0. The van der Waals surface area contributed by atoms with Gasteiger partial charge in [0.15, 0.2) is 0 Å². The molecule has 0 aliphatic heterocycles. The van der Waals surface area contributed by atoms with Crippen LogP contribution in [0.3, 0.4) is 0 Å². The number of rotatable bonds is 6. The van der Waals surface area contributed by atoms with Crippen LogP contribution in [0.4, 0.5) is 14.5 Å². The first-order chi connectivity index (χ1) is 11.7. The fraction of sp³-hybridized carbons (Fsp3) is 0.133. The molecular weight excluding hydrogens is 415 g/mol. The number of carbonyl (C=O) groups is 1. The van der Waals surface area contributed by atoms with Crippen LogP contribution in [0, 0.1) is 0 Å². The SMILES string of the molecule is O=C(CSc1cc(Cl)ccc1Cl)Nc1ccc(S(=O)(=O)C(F)F)cc1. The van der Waals surface area contributed by atoms with Gasteiger partial charge in [-0.2, -0.15) is 8.78 Å². The molecule has 0 unspecified atom stereocenters. The molecule has 0 atom stereocenters. The predicted molar refractivity (Wildman–Crippen MR) is 95.4 cm³/mol. The number of thioether (sulfide) groups is 1. The van der Waals surface area contributed by atoms with Gasteiger partial charge in [-0.25, -0.2) is 8.42 Å². The summed E-state index contributed by atoms with van der Waals surface area (Å²) in [6.07, 6.45) is 0. The Morgan fingerprint density at radius 1 is 1.12 bits per heavy atom. The molecule has 0 radical (unpaired) electrons. The average Bonchev–Trinajstić information content (AvgIpc) is 2.56. The van der Waals surface area contributed by atoms with Crippen LogP contribution in [-0.4, -0.2) is 25.8 Å². The molecule has 0 saturated carbocycles. The molecule has 0 bridgehead atoms. The summed E-state index contributed by atoms with van der Waals surface area (Å²) in [6.45, 7) is 0. The molecule has 134 valence electrons. The molecule has 2 aromatic carbocycles. The van der Waals surface area contributed by atoms with Gasteiger partial charge in [-0.05, 0) is 42.5 Å². The minimum atomic E-state index is -4.65. The van der Waals surface area contributed by atoms with Crippen molar-refractivity contribution in [3.05, 3.63) is 52.5 Å². The summed E-state index contributed by atoms with van der Waals surface area (Å²) in [5.74, 6) is -3.82. The standard InChI is InChI=1S/C15H11Cl2F2NO3S2/c16-9-1-6-12(17)13(7-9)24-8-14(21)20-10-2-4-11(5-3-10)25(22,23)15(18)19/h1-7,15H,8H2,(H,20,21). The molecule has 0 aliphatic carbocycles. The van der Waals surface area contributed by atoms with Gasteiger partial charge in [-0.15, -0.1) is 11.8 Å². The van der Waals surface area contributed by atoms with Gasteiger partial charge >= 0.3 is 5.76 Å². The number of halogens is 4. The van der Waals surface area contributed by atoms with E-state index in [4.69, 9.17) is 23.2 Å². The Bertz CT molecular complexity index is 875. The number of sulfone groups is 1. The highest BCUT2D eigenvalue weighted by Crippen LogP contribution is 2.30. The van der Waals surface area contributed by atoms with Crippen LogP contribution in [0.15, 0.2) is 52.3 Å². The van der Waals surface area contributed by atoms with Crippen molar-refractivity contribution in [2.45, 2.75) is 15.5 Å². The van der Waals surface area contributed by atoms with Gasteiger partial charge in [-0.3, -0.25) is 4.79 Å². The Balaban J connectivity index is 1.98. The maximum atomic E-state index is 12.5. The van der Waals surface area contributed by atoms with E-state index in [2.05, 4.69) is 5.32 Å². The summed E-state index contributed by atoms with van der Waals surface area (Å²) in [4.78, 5) is 12.1. The van der Waals surface area contributed by atoms with Crippen LogP contribution in [-0.2, 0) is 14.6 Å². The summed E-state index contributed by atoms with van der Waals surface area (Å²) in [7, 11) is -4.65. The van der Waals surface area contributed by atoms with Gasteiger partial charge in [0.2, 0.25) is 15.7 Å². The zero-order valence-electron chi connectivity index (χ0n) is 12.4. The molecule has 4 nitrogen and oxygen atoms in total. The van der Waals surface area contributed by atoms with Crippen molar-refractivity contribution in [2.24, 2.45) is 0 Å². The summed E-state index contributed by atoms with van der Waals surface area (Å²) >= 11 is 13.0. The second-order valence-electron chi connectivity index (χ2n) is 4.74.